The zero-order valence-corrected chi connectivity index (χ0v) is 16.1. The van der Waals surface area contributed by atoms with Gasteiger partial charge in [-0.05, 0) is 18.6 Å². The van der Waals surface area contributed by atoms with Crippen molar-refractivity contribution >= 4 is 28.7 Å². The highest BCUT2D eigenvalue weighted by Crippen LogP contribution is 2.37. The smallest absolute Gasteiger partial charge is 0.350 e. The molecule has 2 aromatic rings. The zero-order valence-electron chi connectivity index (χ0n) is 15.3. The lowest BCUT2D eigenvalue weighted by Gasteiger charge is -2.12. The molecule has 1 aromatic carbocycles. The van der Waals surface area contributed by atoms with E-state index in [0.717, 1.165) is 5.56 Å². The predicted octanol–water partition coefficient (Wildman–Crippen LogP) is 2.96. The third-order valence-electron chi connectivity index (χ3n) is 3.46. The number of ether oxygens (including phenoxy) is 4. The standard InChI is InChI=1S/C17H21N3O5S/c1-6-11-15(16(21)25-5)26-17(19-11)20-18-9-10-7-12(22-2)14(24-4)13(8-10)23-3/h7-9H,6H2,1-5H3,(H,19,20)/b18-9-. The minimum absolute atomic E-state index is 0.402. The van der Waals surface area contributed by atoms with E-state index in [2.05, 4.69) is 15.5 Å². The van der Waals surface area contributed by atoms with Crippen LogP contribution in [0.5, 0.6) is 17.2 Å². The predicted molar refractivity (Wildman–Crippen MR) is 100 cm³/mol. The van der Waals surface area contributed by atoms with Crippen LogP contribution in [0.2, 0.25) is 0 Å². The van der Waals surface area contributed by atoms with Gasteiger partial charge in [-0.25, -0.2) is 9.78 Å². The van der Waals surface area contributed by atoms with Crippen molar-refractivity contribution < 1.29 is 23.7 Å². The van der Waals surface area contributed by atoms with Crippen molar-refractivity contribution in [3.05, 3.63) is 28.3 Å². The number of aromatic nitrogens is 1. The van der Waals surface area contributed by atoms with E-state index in [1.54, 1.807) is 39.7 Å². The molecule has 9 heteroatoms. The molecular formula is C17H21N3O5S. The van der Waals surface area contributed by atoms with Gasteiger partial charge in [0, 0.05) is 5.56 Å². The highest BCUT2D eigenvalue weighted by molar-refractivity contribution is 7.17. The van der Waals surface area contributed by atoms with Crippen molar-refractivity contribution in [2.24, 2.45) is 5.10 Å². The Morgan fingerprint density at radius 2 is 1.85 bits per heavy atom. The van der Waals surface area contributed by atoms with Crippen LogP contribution in [0.1, 0.15) is 27.9 Å². The number of benzene rings is 1. The first-order valence-electron chi connectivity index (χ1n) is 7.74. The van der Waals surface area contributed by atoms with Gasteiger partial charge < -0.3 is 18.9 Å². The molecule has 1 N–H and O–H groups in total. The minimum atomic E-state index is -0.402. The third-order valence-corrected chi connectivity index (χ3v) is 4.45. The lowest BCUT2D eigenvalue weighted by atomic mass is 10.2. The number of hydrazone groups is 1. The molecule has 0 amide bonds. The van der Waals surface area contributed by atoms with E-state index in [1.807, 2.05) is 6.92 Å². The summed E-state index contributed by atoms with van der Waals surface area (Å²) < 4.78 is 20.7. The lowest BCUT2D eigenvalue weighted by molar-refractivity contribution is 0.0605. The van der Waals surface area contributed by atoms with E-state index in [-0.39, 0.29) is 0 Å². The number of esters is 1. The molecule has 0 fully saturated rings. The highest BCUT2D eigenvalue weighted by atomic mass is 32.1. The number of carbonyl (C=O) groups is 1. The molecule has 0 spiro atoms. The first kappa shape index (κ1) is 19.5. The normalized spacial score (nSPS) is 10.7. The van der Waals surface area contributed by atoms with Crippen molar-refractivity contribution in [2.45, 2.75) is 13.3 Å². The summed E-state index contributed by atoms with van der Waals surface area (Å²) in [4.78, 5) is 16.6. The Balaban J connectivity index is 2.21. The monoisotopic (exact) mass is 379 g/mol. The van der Waals surface area contributed by atoms with Crippen molar-refractivity contribution in [1.29, 1.82) is 0 Å². The zero-order chi connectivity index (χ0) is 19.1. The fraction of sp³-hybridized carbons (Fsp3) is 0.353. The molecule has 8 nitrogen and oxygen atoms in total. The second kappa shape index (κ2) is 9.04. The number of carbonyl (C=O) groups excluding carboxylic acids is 1. The summed E-state index contributed by atoms with van der Waals surface area (Å²) in [5, 5.41) is 4.67. The maximum atomic E-state index is 11.7. The molecule has 0 saturated heterocycles. The van der Waals surface area contributed by atoms with Crippen LogP contribution in [0, 0.1) is 0 Å². The maximum absolute atomic E-state index is 11.7. The lowest BCUT2D eigenvalue weighted by Crippen LogP contribution is -2.01. The van der Waals surface area contributed by atoms with Crippen LogP contribution >= 0.6 is 11.3 Å². The fourth-order valence-electron chi connectivity index (χ4n) is 2.23. The largest absolute Gasteiger partial charge is 0.493 e. The van der Waals surface area contributed by atoms with Crippen LogP contribution < -0.4 is 19.6 Å². The summed E-state index contributed by atoms with van der Waals surface area (Å²) in [5.74, 6) is 1.17. The van der Waals surface area contributed by atoms with Gasteiger partial charge in [-0.3, -0.25) is 5.43 Å². The second-order valence-corrected chi connectivity index (χ2v) is 5.97. The van der Waals surface area contributed by atoms with Gasteiger partial charge >= 0.3 is 5.97 Å². The molecule has 0 atom stereocenters. The van der Waals surface area contributed by atoms with Crippen molar-refractivity contribution in [1.82, 2.24) is 4.98 Å². The average molecular weight is 379 g/mol. The maximum Gasteiger partial charge on any atom is 0.350 e. The van der Waals surface area contributed by atoms with Crippen LogP contribution in [0.25, 0.3) is 0 Å². The van der Waals surface area contributed by atoms with Gasteiger partial charge in [-0.2, -0.15) is 5.10 Å². The van der Waals surface area contributed by atoms with Crippen LogP contribution in [-0.4, -0.2) is 45.6 Å². The van der Waals surface area contributed by atoms with E-state index >= 15 is 0 Å². The Morgan fingerprint density at radius 1 is 1.19 bits per heavy atom. The quantitative estimate of drug-likeness (QED) is 0.428. The molecule has 2 rings (SSSR count). The number of rotatable bonds is 8. The number of nitrogens with zero attached hydrogens (tertiary/aromatic N) is 2. The van der Waals surface area contributed by atoms with Crippen molar-refractivity contribution in [3.8, 4) is 17.2 Å². The topological polar surface area (TPSA) is 91.3 Å². The molecule has 0 aliphatic rings. The van der Waals surface area contributed by atoms with Crippen LogP contribution in [0.15, 0.2) is 17.2 Å². The van der Waals surface area contributed by atoms with E-state index in [4.69, 9.17) is 18.9 Å². The SMILES string of the molecule is CCc1nc(N/N=C\c2cc(OC)c(OC)c(OC)c2)sc1C(=O)OC. The van der Waals surface area contributed by atoms with Gasteiger partial charge in [-0.15, -0.1) is 0 Å². The van der Waals surface area contributed by atoms with Crippen molar-refractivity contribution in [3.63, 3.8) is 0 Å². The number of anilines is 1. The van der Waals surface area contributed by atoms with E-state index in [1.165, 1.54) is 18.4 Å². The second-order valence-electron chi connectivity index (χ2n) is 4.97. The van der Waals surface area contributed by atoms with Crippen LogP contribution in [0.4, 0.5) is 5.13 Å². The first-order valence-corrected chi connectivity index (χ1v) is 8.56. The van der Waals surface area contributed by atoms with E-state index < -0.39 is 5.97 Å². The number of hydrogen-bond donors (Lipinski definition) is 1. The van der Waals surface area contributed by atoms with Crippen molar-refractivity contribution in [2.75, 3.05) is 33.9 Å². The molecule has 1 heterocycles. The molecule has 0 aliphatic carbocycles. The first-order chi connectivity index (χ1) is 12.6. The van der Waals surface area contributed by atoms with E-state index in [9.17, 15) is 4.79 Å². The molecule has 26 heavy (non-hydrogen) atoms. The Bertz CT molecular complexity index is 779. The van der Waals surface area contributed by atoms with Crippen LogP contribution in [0.3, 0.4) is 0 Å². The summed E-state index contributed by atoms with van der Waals surface area (Å²) in [6.45, 7) is 1.92. The third kappa shape index (κ3) is 4.23. The Hall–Kier alpha value is -2.81. The Labute approximate surface area is 155 Å². The Morgan fingerprint density at radius 3 is 2.35 bits per heavy atom. The Kier molecular flexibility index (Phi) is 6.79. The van der Waals surface area contributed by atoms with Gasteiger partial charge in [0.05, 0.1) is 40.3 Å². The number of aryl methyl sites for hydroxylation is 1. The number of nitrogens with one attached hydrogen (secondary N) is 1. The summed E-state index contributed by atoms with van der Waals surface area (Å²) in [6, 6.07) is 3.54. The van der Waals surface area contributed by atoms with Gasteiger partial charge in [-0.1, -0.05) is 18.3 Å². The van der Waals surface area contributed by atoms with Gasteiger partial charge in [0.1, 0.15) is 4.88 Å². The van der Waals surface area contributed by atoms with Gasteiger partial charge in [0.25, 0.3) is 0 Å². The molecule has 1 aromatic heterocycles. The number of thiazole rings is 1. The number of methoxy groups -OCH3 is 4. The van der Waals surface area contributed by atoms with E-state index in [0.29, 0.717) is 39.4 Å². The summed E-state index contributed by atoms with van der Waals surface area (Å²) in [5.41, 5.74) is 4.24. The summed E-state index contributed by atoms with van der Waals surface area (Å²) >= 11 is 1.19. The van der Waals surface area contributed by atoms with Gasteiger partial charge in [0.15, 0.2) is 11.5 Å². The number of hydrogen-bond acceptors (Lipinski definition) is 9. The minimum Gasteiger partial charge on any atom is -0.493 e. The highest BCUT2D eigenvalue weighted by Gasteiger charge is 2.17. The molecule has 140 valence electrons. The van der Waals surface area contributed by atoms with Gasteiger partial charge in [0.2, 0.25) is 10.9 Å². The molecule has 0 aliphatic heterocycles. The fourth-order valence-corrected chi connectivity index (χ4v) is 3.15. The molecule has 0 saturated carbocycles. The van der Waals surface area contributed by atoms with Crippen LogP contribution in [-0.2, 0) is 11.2 Å². The molecule has 0 bridgehead atoms. The summed E-state index contributed by atoms with van der Waals surface area (Å²) in [7, 11) is 5.98. The molecule has 0 unspecified atom stereocenters. The molecular weight excluding hydrogens is 358 g/mol. The average Bonchev–Trinajstić information content (AvgIpc) is 3.09. The summed E-state index contributed by atoms with van der Waals surface area (Å²) in [6.07, 6.45) is 2.22. The molecule has 0 radical (unpaired) electrons.